The van der Waals surface area contributed by atoms with E-state index in [0.29, 0.717) is 12.6 Å². The van der Waals surface area contributed by atoms with Crippen LogP contribution in [0.15, 0.2) is 24.4 Å². The number of aromatic nitrogens is 2. The lowest BCUT2D eigenvalue weighted by Crippen LogP contribution is -2.39. The third-order valence-electron chi connectivity index (χ3n) is 4.70. The molecule has 1 saturated heterocycles. The Kier molecular flexibility index (Phi) is 3.98. The normalized spacial score (nSPS) is 17.8. The van der Waals surface area contributed by atoms with Crippen LogP contribution < -0.4 is 15.4 Å². The molecule has 4 rings (SSSR count). The van der Waals surface area contributed by atoms with Crippen LogP contribution in [0.2, 0.25) is 0 Å². The van der Waals surface area contributed by atoms with Gasteiger partial charge < -0.3 is 20.1 Å². The minimum Gasteiger partial charge on any atom is -0.490 e. The van der Waals surface area contributed by atoms with Crippen LogP contribution in [0.1, 0.15) is 29.5 Å². The highest BCUT2D eigenvalue weighted by molar-refractivity contribution is 5.48. The van der Waals surface area contributed by atoms with Gasteiger partial charge in [-0.3, -0.25) is 0 Å². The molecule has 0 atom stereocenters. The molecule has 3 heterocycles. The number of piperidine rings is 1. The lowest BCUT2D eigenvalue weighted by molar-refractivity contribution is 0.134. The summed E-state index contributed by atoms with van der Waals surface area (Å²) in [6.45, 7) is 5.25. The third kappa shape index (κ3) is 3.01. The highest BCUT2D eigenvalue weighted by atomic mass is 16.5. The lowest BCUT2D eigenvalue weighted by atomic mass is 10.1. The van der Waals surface area contributed by atoms with Crippen LogP contribution in [-0.2, 0) is 18.0 Å². The van der Waals surface area contributed by atoms with E-state index in [-0.39, 0.29) is 6.10 Å². The lowest BCUT2D eigenvalue weighted by Gasteiger charge is -2.33. The Hall–Kier alpha value is -2.34. The number of hydrogen-bond acceptors (Lipinski definition) is 6. The first-order valence-electron chi connectivity index (χ1n) is 8.39. The highest BCUT2D eigenvalue weighted by Crippen LogP contribution is 2.28. The van der Waals surface area contributed by atoms with Gasteiger partial charge in [-0.2, -0.15) is 4.98 Å². The largest absolute Gasteiger partial charge is 0.490 e. The molecule has 126 valence electrons. The van der Waals surface area contributed by atoms with Gasteiger partial charge in [0.15, 0.2) is 0 Å². The first-order valence-corrected chi connectivity index (χ1v) is 8.39. The maximum Gasteiger partial charge on any atom is 0.221 e. The molecule has 2 aliphatic rings. The monoisotopic (exact) mass is 326 g/mol. The van der Waals surface area contributed by atoms with Gasteiger partial charge in [0, 0.05) is 37.7 Å². The van der Waals surface area contributed by atoms with Crippen molar-refractivity contribution in [3.05, 3.63) is 41.1 Å². The average molecular weight is 326 g/mol. The van der Waals surface area contributed by atoms with E-state index in [4.69, 9.17) is 15.2 Å². The number of nitrogens with two attached hydrogens (primary N) is 1. The second-order valence-electron chi connectivity index (χ2n) is 6.46. The fourth-order valence-corrected chi connectivity index (χ4v) is 3.37. The second kappa shape index (κ2) is 6.28. The zero-order valence-corrected chi connectivity index (χ0v) is 13.9. The quantitative estimate of drug-likeness (QED) is 0.934. The summed E-state index contributed by atoms with van der Waals surface area (Å²) < 4.78 is 11.6. The molecule has 6 nitrogen and oxygen atoms in total. The zero-order valence-electron chi connectivity index (χ0n) is 13.9. The van der Waals surface area contributed by atoms with Crippen molar-refractivity contribution in [3.63, 3.8) is 0 Å². The number of benzene rings is 1. The van der Waals surface area contributed by atoms with Crippen LogP contribution in [0, 0.1) is 6.92 Å². The second-order valence-corrected chi connectivity index (χ2v) is 6.46. The first kappa shape index (κ1) is 15.2. The van der Waals surface area contributed by atoms with Gasteiger partial charge in [0.1, 0.15) is 17.7 Å². The van der Waals surface area contributed by atoms with Crippen molar-refractivity contribution < 1.29 is 9.47 Å². The SMILES string of the molecule is Cc1cnc(N)nc1N1CCC(Oc2ccc3c(c2)COC3)CC1. The van der Waals surface area contributed by atoms with Crippen molar-refractivity contribution in [2.45, 2.75) is 39.1 Å². The molecule has 1 aromatic heterocycles. The van der Waals surface area contributed by atoms with Gasteiger partial charge in [-0.15, -0.1) is 0 Å². The average Bonchev–Trinajstić information content (AvgIpc) is 3.06. The molecule has 0 bridgehead atoms. The molecule has 2 aromatic rings. The van der Waals surface area contributed by atoms with E-state index < -0.39 is 0 Å². The molecule has 1 aromatic carbocycles. The van der Waals surface area contributed by atoms with Crippen LogP contribution in [0.5, 0.6) is 5.75 Å². The van der Waals surface area contributed by atoms with E-state index in [2.05, 4.69) is 33.1 Å². The number of rotatable bonds is 3. The Morgan fingerprint density at radius 3 is 2.83 bits per heavy atom. The van der Waals surface area contributed by atoms with Gasteiger partial charge in [0.05, 0.1) is 13.2 Å². The van der Waals surface area contributed by atoms with Gasteiger partial charge in [0.25, 0.3) is 0 Å². The summed E-state index contributed by atoms with van der Waals surface area (Å²) in [4.78, 5) is 10.7. The summed E-state index contributed by atoms with van der Waals surface area (Å²) in [6, 6.07) is 6.28. The Morgan fingerprint density at radius 2 is 2.00 bits per heavy atom. The molecular weight excluding hydrogens is 304 g/mol. The van der Waals surface area contributed by atoms with Crippen LogP contribution in [0.3, 0.4) is 0 Å². The Balaban J connectivity index is 1.38. The number of aryl methyl sites for hydroxylation is 1. The summed E-state index contributed by atoms with van der Waals surface area (Å²) in [7, 11) is 0. The van der Waals surface area contributed by atoms with Crippen molar-refractivity contribution in [2.75, 3.05) is 23.7 Å². The molecule has 0 spiro atoms. The Bertz CT molecular complexity index is 742. The Morgan fingerprint density at radius 1 is 1.21 bits per heavy atom. The van der Waals surface area contributed by atoms with E-state index in [1.807, 2.05) is 6.92 Å². The minimum absolute atomic E-state index is 0.237. The predicted octanol–water partition coefficient (Wildman–Crippen LogP) is 2.45. The molecule has 0 radical (unpaired) electrons. The molecule has 0 unspecified atom stereocenters. The smallest absolute Gasteiger partial charge is 0.221 e. The van der Waals surface area contributed by atoms with Crippen LogP contribution in [0.4, 0.5) is 11.8 Å². The molecule has 0 amide bonds. The van der Waals surface area contributed by atoms with E-state index in [9.17, 15) is 0 Å². The van der Waals surface area contributed by atoms with Gasteiger partial charge in [0.2, 0.25) is 5.95 Å². The maximum absolute atomic E-state index is 6.18. The zero-order chi connectivity index (χ0) is 16.5. The summed E-state index contributed by atoms with van der Waals surface area (Å²) >= 11 is 0. The summed E-state index contributed by atoms with van der Waals surface area (Å²) in [5.41, 5.74) is 9.30. The highest BCUT2D eigenvalue weighted by Gasteiger charge is 2.23. The van der Waals surface area contributed by atoms with Crippen LogP contribution in [-0.4, -0.2) is 29.2 Å². The van der Waals surface area contributed by atoms with Crippen molar-refractivity contribution in [1.82, 2.24) is 9.97 Å². The summed E-state index contributed by atoms with van der Waals surface area (Å²) in [6.07, 6.45) is 3.96. The topological polar surface area (TPSA) is 73.5 Å². The number of nitrogens with zero attached hydrogens (tertiary/aromatic N) is 3. The molecule has 24 heavy (non-hydrogen) atoms. The number of nitrogen functional groups attached to an aromatic ring is 1. The summed E-state index contributed by atoms with van der Waals surface area (Å²) in [5, 5.41) is 0. The van der Waals surface area contributed by atoms with Crippen LogP contribution >= 0.6 is 0 Å². The number of fused-ring (bicyclic) bond motifs is 1. The van der Waals surface area contributed by atoms with E-state index >= 15 is 0 Å². The molecular formula is C18H22N4O2. The van der Waals surface area contributed by atoms with Crippen molar-refractivity contribution in [3.8, 4) is 5.75 Å². The maximum atomic E-state index is 6.18. The molecule has 2 N–H and O–H groups in total. The molecule has 2 aliphatic heterocycles. The number of anilines is 2. The van der Waals surface area contributed by atoms with E-state index in [1.54, 1.807) is 6.20 Å². The molecule has 1 fully saturated rings. The first-order chi connectivity index (χ1) is 11.7. The molecule has 0 aliphatic carbocycles. The van der Waals surface area contributed by atoms with Crippen LogP contribution in [0.25, 0.3) is 0 Å². The van der Waals surface area contributed by atoms with E-state index in [1.165, 1.54) is 11.1 Å². The molecule has 6 heteroatoms. The fraction of sp³-hybridized carbons (Fsp3) is 0.444. The van der Waals surface area contributed by atoms with Gasteiger partial charge in [-0.1, -0.05) is 6.07 Å². The standard InChI is InChI=1S/C18H22N4O2/c1-12-9-20-18(19)21-17(12)22-6-4-15(5-7-22)24-16-3-2-13-10-23-11-14(13)8-16/h2-3,8-9,15H,4-7,10-11H2,1H3,(H2,19,20,21). The fourth-order valence-electron chi connectivity index (χ4n) is 3.37. The van der Waals surface area contributed by atoms with E-state index in [0.717, 1.165) is 49.7 Å². The van der Waals surface area contributed by atoms with Crippen molar-refractivity contribution >= 4 is 11.8 Å². The predicted molar refractivity (Wildman–Crippen MR) is 92.0 cm³/mol. The molecule has 0 saturated carbocycles. The minimum atomic E-state index is 0.237. The third-order valence-corrected chi connectivity index (χ3v) is 4.70. The van der Waals surface area contributed by atoms with Crippen molar-refractivity contribution in [1.29, 1.82) is 0 Å². The van der Waals surface area contributed by atoms with Crippen molar-refractivity contribution in [2.24, 2.45) is 0 Å². The summed E-state index contributed by atoms with van der Waals surface area (Å²) in [5.74, 6) is 2.21. The number of ether oxygens (including phenoxy) is 2. The van der Waals surface area contributed by atoms with Gasteiger partial charge in [-0.25, -0.2) is 4.98 Å². The Labute approximate surface area is 141 Å². The van der Waals surface area contributed by atoms with Gasteiger partial charge >= 0.3 is 0 Å². The number of hydrogen-bond donors (Lipinski definition) is 1. The van der Waals surface area contributed by atoms with Gasteiger partial charge in [-0.05, 0) is 30.2 Å².